The van der Waals surface area contributed by atoms with E-state index in [1.807, 2.05) is 37.6 Å². The molecule has 0 saturated carbocycles. The van der Waals surface area contributed by atoms with Gasteiger partial charge in [0.05, 0.1) is 12.1 Å². The number of rotatable bonds is 5. The topological polar surface area (TPSA) is 94.2 Å². The third-order valence-corrected chi connectivity index (χ3v) is 4.67. The molecule has 2 aromatic heterocycles. The number of oxazole rings is 1. The number of ether oxygens (including phenoxy) is 1. The fraction of sp³-hybridized carbons (Fsp3) is 0.389. The molecule has 0 spiro atoms. The number of hydrogen-bond donors (Lipinski definition) is 2. The van der Waals surface area contributed by atoms with Crippen LogP contribution in [0.1, 0.15) is 17.4 Å². The average Bonchev–Trinajstić information content (AvgIpc) is 3.32. The van der Waals surface area contributed by atoms with E-state index in [2.05, 4.69) is 20.7 Å². The van der Waals surface area contributed by atoms with E-state index in [1.54, 1.807) is 11.8 Å². The Morgan fingerprint density at radius 2 is 2.35 bits per heavy atom. The molecule has 8 nitrogen and oxygen atoms in total. The predicted octanol–water partition coefficient (Wildman–Crippen LogP) is 1.65. The number of carbonyl (C=O) groups excluding carboxylic acids is 1. The van der Waals surface area contributed by atoms with Crippen molar-refractivity contribution >= 4 is 22.7 Å². The van der Waals surface area contributed by atoms with Crippen molar-refractivity contribution in [3.63, 3.8) is 0 Å². The summed E-state index contributed by atoms with van der Waals surface area (Å²) in [7, 11) is 3.47. The molecule has 4 rings (SSSR count). The van der Waals surface area contributed by atoms with E-state index in [1.165, 1.54) is 0 Å². The van der Waals surface area contributed by atoms with Crippen LogP contribution in [0.15, 0.2) is 35.0 Å². The molecule has 1 aliphatic heterocycles. The number of aromatic nitrogens is 3. The number of aryl methyl sites for hydroxylation is 1. The minimum absolute atomic E-state index is 0.0104. The largest absolute Gasteiger partial charge is 0.438 e. The zero-order valence-electron chi connectivity index (χ0n) is 14.7. The molecule has 26 heavy (non-hydrogen) atoms. The normalized spacial score (nSPS) is 19.9. The average molecular weight is 355 g/mol. The second kappa shape index (κ2) is 6.89. The molecule has 8 heteroatoms. The molecular formula is C18H21N5O3. The molecule has 1 fully saturated rings. The molecule has 1 saturated heterocycles. The van der Waals surface area contributed by atoms with E-state index in [9.17, 15) is 4.79 Å². The zero-order valence-corrected chi connectivity index (χ0v) is 14.7. The number of methoxy groups -OCH3 is 1. The fourth-order valence-corrected chi connectivity index (χ4v) is 3.41. The van der Waals surface area contributed by atoms with Crippen LogP contribution in [-0.4, -0.2) is 40.9 Å². The maximum Gasteiger partial charge on any atom is 0.229 e. The van der Waals surface area contributed by atoms with Crippen molar-refractivity contribution in [2.75, 3.05) is 25.5 Å². The van der Waals surface area contributed by atoms with E-state index in [0.717, 1.165) is 12.1 Å². The molecule has 0 unspecified atom stereocenters. The second-order valence-corrected chi connectivity index (χ2v) is 6.53. The predicted molar refractivity (Wildman–Crippen MR) is 95.7 cm³/mol. The summed E-state index contributed by atoms with van der Waals surface area (Å²) in [5, 5.41) is 10.5. The first-order valence-corrected chi connectivity index (χ1v) is 8.52. The minimum Gasteiger partial charge on any atom is -0.438 e. The summed E-state index contributed by atoms with van der Waals surface area (Å²) in [6.45, 7) is 1.74. The Balaban J connectivity index is 1.51. The third kappa shape index (κ3) is 3.21. The van der Waals surface area contributed by atoms with Crippen LogP contribution in [0.4, 0.5) is 5.69 Å². The molecule has 3 aromatic rings. The number of nitrogens with one attached hydrogen (secondary N) is 2. The highest BCUT2D eigenvalue weighted by Crippen LogP contribution is 2.29. The third-order valence-electron chi connectivity index (χ3n) is 4.67. The molecule has 2 N–H and O–H groups in total. The maximum atomic E-state index is 12.8. The smallest absolute Gasteiger partial charge is 0.229 e. The highest BCUT2D eigenvalue weighted by molar-refractivity contribution is 5.95. The van der Waals surface area contributed by atoms with Gasteiger partial charge in [0.15, 0.2) is 5.58 Å². The van der Waals surface area contributed by atoms with Crippen LogP contribution in [0, 0.1) is 5.92 Å². The van der Waals surface area contributed by atoms with Crippen molar-refractivity contribution in [2.24, 2.45) is 13.0 Å². The summed E-state index contributed by atoms with van der Waals surface area (Å²) in [6, 6.07) is 5.45. The van der Waals surface area contributed by atoms with Crippen LogP contribution in [0.5, 0.6) is 0 Å². The highest BCUT2D eigenvalue weighted by atomic mass is 16.5. The molecule has 1 aliphatic rings. The number of benzene rings is 1. The van der Waals surface area contributed by atoms with Gasteiger partial charge in [0, 0.05) is 45.0 Å². The van der Waals surface area contributed by atoms with Gasteiger partial charge in [-0.1, -0.05) is 0 Å². The van der Waals surface area contributed by atoms with Crippen molar-refractivity contribution in [1.82, 2.24) is 20.1 Å². The molecule has 2 atom stereocenters. The van der Waals surface area contributed by atoms with E-state index in [-0.39, 0.29) is 17.7 Å². The van der Waals surface area contributed by atoms with Crippen LogP contribution < -0.4 is 10.6 Å². The van der Waals surface area contributed by atoms with Crippen molar-refractivity contribution in [1.29, 1.82) is 0 Å². The lowest BCUT2D eigenvalue weighted by Crippen LogP contribution is -2.28. The number of amides is 1. The lowest BCUT2D eigenvalue weighted by atomic mass is 9.90. The van der Waals surface area contributed by atoms with Crippen LogP contribution in [0.3, 0.4) is 0 Å². The van der Waals surface area contributed by atoms with Crippen LogP contribution in [0.25, 0.3) is 11.1 Å². The summed E-state index contributed by atoms with van der Waals surface area (Å²) in [4.78, 5) is 17.2. The van der Waals surface area contributed by atoms with Gasteiger partial charge in [0.25, 0.3) is 0 Å². The summed E-state index contributed by atoms with van der Waals surface area (Å²) < 4.78 is 12.4. The number of hydrogen-bond acceptors (Lipinski definition) is 6. The van der Waals surface area contributed by atoms with Gasteiger partial charge >= 0.3 is 0 Å². The number of carbonyl (C=O) groups is 1. The first-order valence-electron chi connectivity index (χ1n) is 8.52. The van der Waals surface area contributed by atoms with Gasteiger partial charge in [-0.25, -0.2) is 4.98 Å². The molecule has 1 amide bonds. The van der Waals surface area contributed by atoms with E-state index in [0.29, 0.717) is 35.8 Å². The van der Waals surface area contributed by atoms with Gasteiger partial charge in [-0.3, -0.25) is 9.48 Å². The number of nitrogens with zero attached hydrogens (tertiary/aromatic N) is 3. The van der Waals surface area contributed by atoms with Crippen molar-refractivity contribution in [3.05, 3.63) is 42.0 Å². The van der Waals surface area contributed by atoms with Gasteiger partial charge in [-0.15, -0.1) is 0 Å². The standard InChI is InChI=1S/C18H21N5O3/c1-23-9-11(6-20-23)13-7-19-8-14(13)18(24)21-12-3-4-16-15(5-12)22-17(26-16)10-25-2/h3-6,9,13-14,19H,7-8,10H2,1-2H3,(H,21,24)/t13-,14+/m1/s1. The van der Waals surface area contributed by atoms with Gasteiger partial charge in [-0.2, -0.15) is 5.10 Å². The lowest BCUT2D eigenvalue weighted by Gasteiger charge is -2.17. The minimum atomic E-state index is -0.142. The molecule has 3 heterocycles. The Labute approximate surface area is 150 Å². The highest BCUT2D eigenvalue weighted by Gasteiger charge is 2.34. The summed E-state index contributed by atoms with van der Waals surface area (Å²) in [5.74, 6) is 0.482. The SMILES string of the molecule is COCc1nc2cc(NC(=O)[C@H]3CNC[C@@H]3c3cnn(C)c3)ccc2o1. The van der Waals surface area contributed by atoms with Crippen molar-refractivity contribution < 1.29 is 13.9 Å². The van der Waals surface area contributed by atoms with Gasteiger partial charge in [0.1, 0.15) is 12.1 Å². The van der Waals surface area contributed by atoms with E-state index < -0.39 is 0 Å². The van der Waals surface area contributed by atoms with Crippen molar-refractivity contribution in [2.45, 2.75) is 12.5 Å². The Morgan fingerprint density at radius 1 is 1.46 bits per heavy atom. The Morgan fingerprint density at radius 3 is 3.12 bits per heavy atom. The monoisotopic (exact) mass is 355 g/mol. The van der Waals surface area contributed by atoms with Gasteiger partial charge < -0.3 is 19.8 Å². The Hall–Kier alpha value is -2.71. The van der Waals surface area contributed by atoms with Crippen LogP contribution >= 0.6 is 0 Å². The zero-order chi connectivity index (χ0) is 18.1. The Bertz CT molecular complexity index is 932. The quantitative estimate of drug-likeness (QED) is 0.723. The summed E-state index contributed by atoms with van der Waals surface area (Å²) in [6.07, 6.45) is 3.80. The number of anilines is 1. The second-order valence-electron chi connectivity index (χ2n) is 6.53. The molecule has 0 radical (unpaired) electrons. The first kappa shape index (κ1) is 16.7. The van der Waals surface area contributed by atoms with Crippen LogP contribution in [0.2, 0.25) is 0 Å². The maximum absolute atomic E-state index is 12.8. The molecular weight excluding hydrogens is 334 g/mol. The summed E-state index contributed by atoms with van der Waals surface area (Å²) in [5.41, 5.74) is 3.15. The van der Waals surface area contributed by atoms with E-state index in [4.69, 9.17) is 9.15 Å². The Kier molecular flexibility index (Phi) is 4.44. The molecule has 0 bridgehead atoms. The number of fused-ring (bicyclic) bond motifs is 1. The van der Waals surface area contributed by atoms with Crippen molar-refractivity contribution in [3.8, 4) is 0 Å². The van der Waals surface area contributed by atoms with Gasteiger partial charge in [-0.05, 0) is 23.8 Å². The van der Waals surface area contributed by atoms with Gasteiger partial charge in [0.2, 0.25) is 11.8 Å². The van der Waals surface area contributed by atoms with E-state index >= 15 is 0 Å². The van der Waals surface area contributed by atoms with Crippen LogP contribution in [-0.2, 0) is 23.2 Å². The summed E-state index contributed by atoms with van der Waals surface area (Å²) >= 11 is 0. The first-order chi connectivity index (χ1) is 12.6. The lowest BCUT2D eigenvalue weighted by molar-refractivity contribution is -0.119. The fourth-order valence-electron chi connectivity index (χ4n) is 3.41. The molecule has 1 aromatic carbocycles. The molecule has 136 valence electrons. The molecule has 0 aliphatic carbocycles.